The van der Waals surface area contributed by atoms with E-state index in [2.05, 4.69) is 10.6 Å². The number of carbonyl (C=O) groups is 1. The number of furan rings is 1. The minimum Gasteiger partial charge on any atom is -0.451 e. The molecule has 0 fully saturated rings. The molecule has 1 aromatic heterocycles. The molecule has 0 unspecified atom stereocenters. The zero-order valence-electron chi connectivity index (χ0n) is 15.4. The second kappa shape index (κ2) is 8.49. The molecule has 0 radical (unpaired) electrons. The lowest BCUT2D eigenvalue weighted by atomic mass is 10.1. The van der Waals surface area contributed by atoms with E-state index in [0.717, 1.165) is 0 Å². The number of nitro benzene ring substituents is 2. The van der Waals surface area contributed by atoms with Gasteiger partial charge < -0.3 is 9.73 Å². The van der Waals surface area contributed by atoms with E-state index >= 15 is 0 Å². The smallest absolute Gasteiger partial charge is 0.293 e. The van der Waals surface area contributed by atoms with Crippen LogP contribution >= 0.6 is 12.2 Å². The number of rotatable bonds is 5. The summed E-state index contributed by atoms with van der Waals surface area (Å²) < 4.78 is 5.45. The van der Waals surface area contributed by atoms with Crippen molar-refractivity contribution in [1.29, 1.82) is 0 Å². The Morgan fingerprint density at radius 1 is 0.967 bits per heavy atom. The highest BCUT2D eigenvalue weighted by molar-refractivity contribution is 7.80. The zero-order chi connectivity index (χ0) is 21.8. The molecule has 3 aromatic rings. The number of anilines is 1. The summed E-state index contributed by atoms with van der Waals surface area (Å²) in [5, 5.41) is 27.2. The van der Waals surface area contributed by atoms with E-state index in [1.807, 2.05) is 0 Å². The fraction of sp³-hybridized carbons (Fsp3) is 0.0526. The average Bonchev–Trinajstić information content (AvgIpc) is 3.19. The van der Waals surface area contributed by atoms with Gasteiger partial charge in [0.25, 0.3) is 17.3 Å². The van der Waals surface area contributed by atoms with Gasteiger partial charge in [-0.3, -0.25) is 30.3 Å². The van der Waals surface area contributed by atoms with Crippen LogP contribution in [0.2, 0.25) is 0 Å². The van der Waals surface area contributed by atoms with Gasteiger partial charge >= 0.3 is 0 Å². The Bertz CT molecular complexity index is 1170. The number of nitrogens with zero attached hydrogens (tertiary/aromatic N) is 2. The first kappa shape index (κ1) is 20.6. The second-order valence-electron chi connectivity index (χ2n) is 6.05. The Morgan fingerprint density at radius 2 is 1.63 bits per heavy atom. The van der Waals surface area contributed by atoms with Crippen molar-refractivity contribution in [3.63, 3.8) is 0 Å². The number of hydrogen-bond donors (Lipinski definition) is 2. The van der Waals surface area contributed by atoms with Crippen molar-refractivity contribution >= 4 is 40.3 Å². The lowest BCUT2D eigenvalue weighted by Gasteiger charge is -2.11. The van der Waals surface area contributed by atoms with Crippen LogP contribution in [0.5, 0.6) is 0 Å². The van der Waals surface area contributed by atoms with Crippen LogP contribution in [0.4, 0.5) is 17.1 Å². The van der Waals surface area contributed by atoms with Crippen LogP contribution < -0.4 is 10.6 Å². The highest BCUT2D eigenvalue weighted by Crippen LogP contribution is 2.31. The van der Waals surface area contributed by atoms with Gasteiger partial charge in [0, 0.05) is 12.1 Å². The molecule has 2 N–H and O–H groups in total. The Kier molecular flexibility index (Phi) is 5.83. The molecule has 11 heteroatoms. The number of thiocarbonyl (C=S) groups is 1. The number of carbonyl (C=O) groups excluding carboxylic acids is 1. The molecular formula is C19H14N4O6S. The van der Waals surface area contributed by atoms with Crippen LogP contribution in [0.3, 0.4) is 0 Å². The van der Waals surface area contributed by atoms with E-state index < -0.39 is 15.8 Å². The van der Waals surface area contributed by atoms with Gasteiger partial charge in [0.05, 0.1) is 26.7 Å². The average molecular weight is 426 g/mol. The third kappa shape index (κ3) is 4.31. The second-order valence-corrected chi connectivity index (χ2v) is 6.46. The van der Waals surface area contributed by atoms with Crippen molar-refractivity contribution in [1.82, 2.24) is 5.32 Å². The van der Waals surface area contributed by atoms with E-state index in [0.29, 0.717) is 11.3 Å². The SMILES string of the molecule is Cc1c(NC(=S)NC(=O)c2ccc(-c3ccccc3[N+](=O)[O-])o2)cccc1[N+](=O)[O-]. The Labute approximate surface area is 174 Å². The van der Waals surface area contributed by atoms with Gasteiger partial charge in [-0.15, -0.1) is 0 Å². The number of para-hydroxylation sites is 1. The summed E-state index contributed by atoms with van der Waals surface area (Å²) in [5.74, 6) is -0.635. The van der Waals surface area contributed by atoms with Gasteiger partial charge in [0.2, 0.25) is 0 Å². The predicted molar refractivity (Wildman–Crippen MR) is 112 cm³/mol. The zero-order valence-corrected chi connectivity index (χ0v) is 16.3. The number of hydrogen-bond acceptors (Lipinski definition) is 7. The first-order valence-corrected chi connectivity index (χ1v) is 8.88. The molecule has 1 amide bonds. The molecule has 3 rings (SSSR count). The Hall–Kier alpha value is -4.12. The van der Waals surface area contributed by atoms with E-state index in [4.69, 9.17) is 16.6 Å². The molecule has 0 saturated heterocycles. The summed E-state index contributed by atoms with van der Waals surface area (Å²) in [4.78, 5) is 33.5. The fourth-order valence-electron chi connectivity index (χ4n) is 2.72. The molecule has 2 aromatic carbocycles. The summed E-state index contributed by atoms with van der Waals surface area (Å²) in [6.45, 7) is 1.55. The van der Waals surface area contributed by atoms with Crippen LogP contribution in [0.25, 0.3) is 11.3 Å². The normalized spacial score (nSPS) is 10.3. The monoisotopic (exact) mass is 426 g/mol. The van der Waals surface area contributed by atoms with E-state index in [9.17, 15) is 25.0 Å². The summed E-state index contributed by atoms with van der Waals surface area (Å²) in [6, 6.07) is 13.2. The van der Waals surface area contributed by atoms with Gasteiger partial charge in [0.15, 0.2) is 10.9 Å². The molecule has 0 aliphatic carbocycles. The molecule has 0 spiro atoms. The van der Waals surface area contributed by atoms with E-state index in [1.165, 1.54) is 42.5 Å². The molecule has 30 heavy (non-hydrogen) atoms. The van der Waals surface area contributed by atoms with Crippen molar-refractivity contribution < 1.29 is 19.1 Å². The Morgan fingerprint density at radius 3 is 2.33 bits per heavy atom. The third-order valence-electron chi connectivity index (χ3n) is 4.17. The minimum absolute atomic E-state index is 0.0886. The lowest BCUT2D eigenvalue weighted by molar-refractivity contribution is -0.385. The number of amides is 1. The van der Waals surface area contributed by atoms with E-state index in [-0.39, 0.29) is 33.6 Å². The first-order chi connectivity index (χ1) is 14.3. The number of benzene rings is 2. The van der Waals surface area contributed by atoms with Crippen molar-refractivity contribution in [3.05, 3.63) is 86.1 Å². The predicted octanol–water partition coefficient (Wildman–Crippen LogP) is 4.20. The van der Waals surface area contributed by atoms with Crippen LogP contribution in [-0.4, -0.2) is 20.9 Å². The minimum atomic E-state index is -0.680. The topological polar surface area (TPSA) is 141 Å². The molecule has 0 aliphatic heterocycles. The van der Waals surface area contributed by atoms with Crippen LogP contribution in [0.15, 0.2) is 59.0 Å². The summed E-state index contributed by atoms with van der Waals surface area (Å²) in [6.07, 6.45) is 0. The third-order valence-corrected chi connectivity index (χ3v) is 4.38. The number of nitro groups is 2. The highest BCUT2D eigenvalue weighted by Gasteiger charge is 2.20. The van der Waals surface area contributed by atoms with Crippen molar-refractivity contribution in [2.45, 2.75) is 6.92 Å². The lowest BCUT2D eigenvalue weighted by Crippen LogP contribution is -2.34. The van der Waals surface area contributed by atoms with Crippen molar-refractivity contribution in [2.24, 2.45) is 0 Å². The highest BCUT2D eigenvalue weighted by atomic mass is 32.1. The molecule has 0 aliphatic rings. The van der Waals surface area contributed by atoms with E-state index in [1.54, 1.807) is 19.1 Å². The maximum absolute atomic E-state index is 12.4. The van der Waals surface area contributed by atoms with Gasteiger partial charge in [-0.25, -0.2) is 0 Å². The van der Waals surface area contributed by atoms with Crippen molar-refractivity contribution in [2.75, 3.05) is 5.32 Å². The Balaban J connectivity index is 1.74. The van der Waals surface area contributed by atoms with Gasteiger partial charge in [-0.05, 0) is 43.4 Å². The van der Waals surface area contributed by atoms with Gasteiger partial charge in [-0.1, -0.05) is 18.2 Å². The molecule has 1 heterocycles. The largest absolute Gasteiger partial charge is 0.451 e. The molecule has 0 atom stereocenters. The molecule has 10 nitrogen and oxygen atoms in total. The standard InChI is InChI=1S/C19H14N4O6S/c1-11-13(6-4-8-14(11)22(25)26)20-19(30)21-18(24)17-10-9-16(29-17)12-5-2-3-7-15(12)23(27)28/h2-10H,1H3,(H2,20,21,24,30). The molecular weight excluding hydrogens is 412 g/mol. The molecule has 152 valence electrons. The van der Waals surface area contributed by atoms with Crippen LogP contribution in [0.1, 0.15) is 16.1 Å². The summed E-state index contributed by atoms with van der Waals surface area (Å²) in [5.41, 5.74) is 0.714. The maximum Gasteiger partial charge on any atom is 0.293 e. The fourth-order valence-corrected chi connectivity index (χ4v) is 2.92. The summed E-state index contributed by atoms with van der Waals surface area (Å²) >= 11 is 5.09. The first-order valence-electron chi connectivity index (χ1n) is 8.48. The van der Waals surface area contributed by atoms with Crippen molar-refractivity contribution in [3.8, 4) is 11.3 Å². The van der Waals surface area contributed by atoms with Crippen LogP contribution in [-0.2, 0) is 0 Å². The maximum atomic E-state index is 12.4. The van der Waals surface area contributed by atoms with Crippen LogP contribution in [0, 0.1) is 27.2 Å². The quantitative estimate of drug-likeness (QED) is 0.351. The molecule has 0 saturated carbocycles. The van der Waals surface area contributed by atoms with Gasteiger partial charge in [0.1, 0.15) is 5.76 Å². The molecule has 0 bridgehead atoms. The summed E-state index contributed by atoms with van der Waals surface area (Å²) in [7, 11) is 0. The van der Waals surface area contributed by atoms with Gasteiger partial charge in [-0.2, -0.15) is 0 Å². The number of nitrogens with one attached hydrogen (secondary N) is 2.